The van der Waals surface area contributed by atoms with Crippen molar-refractivity contribution in [3.63, 3.8) is 0 Å². The first-order valence-electron chi connectivity index (χ1n) is 14.6. The van der Waals surface area contributed by atoms with Crippen LogP contribution in [0.3, 0.4) is 0 Å². The van der Waals surface area contributed by atoms with Gasteiger partial charge in [-0.25, -0.2) is 4.79 Å². The highest BCUT2D eigenvalue weighted by Gasteiger charge is 2.57. The van der Waals surface area contributed by atoms with Gasteiger partial charge in [0.15, 0.2) is 17.1 Å². The Bertz CT molecular complexity index is 1170. The lowest BCUT2D eigenvalue weighted by molar-refractivity contribution is -0.178. The average molecular weight is 558 g/mol. The third kappa shape index (κ3) is 5.48. The van der Waals surface area contributed by atoms with E-state index >= 15 is 0 Å². The number of hydrogen-bond donors (Lipinski definition) is 2. The average Bonchev–Trinajstić information content (AvgIpc) is 3.55. The maximum Gasteiger partial charge on any atom is 0.339 e. The standard InChI is InChI=1S/C31H43NO8/c1-5-14-37-25(33)18-31(36,11-6-9-29(3,4)35)28(34)40-27-20(2)17-30-10-7-12-32(30)13-8-21-15-23-24(39-19-38-23)16-22(21)26(27)30/h15-17,26-27,35-36H,5-14,18-19H2,1-4H3/t26-,27?,30?,31-/m1/s1. The molecule has 0 radical (unpaired) electrons. The molecule has 1 fully saturated rings. The van der Waals surface area contributed by atoms with Gasteiger partial charge in [0.1, 0.15) is 6.10 Å². The molecular formula is C31H43NO8. The van der Waals surface area contributed by atoms with Crippen LogP contribution < -0.4 is 9.47 Å². The van der Waals surface area contributed by atoms with Gasteiger partial charge in [-0.2, -0.15) is 0 Å². The smallest absolute Gasteiger partial charge is 0.339 e. The van der Waals surface area contributed by atoms with Crippen LogP contribution in [0.5, 0.6) is 11.5 Å². The topological polar surface area (TPSA) is 115 Å². The summed E-state index contributed by atoms with van der Waals surface area (Å²) in [6.45, 7) is 9.46. The van der Waals surface area contributed by atoms with Crippen LogP contribution in [-0.2, 0) is 25.5 Å². The summed E-state index contributed by atoms with van der Waals surface area (Å²) >= 11 is 0. The van der Waals surface area contributed by atoms with E-state index in [9.17, 15) is 19.8 Å². The third-order valence-corrected chi connectivity index (χ3v) is 8.88. The second-order valence-electron chi connectivity index (χ2n) is 12.5. The van der Waals surface area contributed by atoms with Gasteiger partial charge in [0.25, 0.3) is 0 Å². The minimum absolute atomic E-state index is 0.0241. The molecule has 1 spiro atoms. The van der Waals surface area contributed by atoms with Crippen LogP contribution in [0.4, 0.5) is 0 Å². The van der Waals surface area contributed by atoms with Crippen molar-refractivity contribution in [2.45, 2.75) is 108 Å². The number of esters is 2. The first-order chi connectivity index (χ1) is 19.0. The van der Waals surface area contributed by atoms with Gasteiger partial charge in [0, 0.05) is 12.5 Å². The van der Waals surface area contributed by atoms with Crippen molar-refractivity contribution in [3.8, 4) is 11.5 Å². The van der Waals surface area contributed by atoms with Gasteiger partial charge in [-0.1, -0.05) is 13.0 Å². The summed E-state index contributed by atoms with van der Waals surface area (Å²) in [5.74, 6) is -0.231. The molecule has 2 unspecified atom stereocenters. The minimum Gasteiger partial charge on any atom is -0.466 e. The molecule has 3 heterocycles. The molecule has 0 amide bonds. The monoisotopic (exact) mass is 557 g/mol. The second-order valence-corrected chi connectivity index (χ2v) is 12.5. The lowest BCUT2D eigenvalue weighted by atomic mass is 9.77. The van der Waals surface area contributed by atoms with E-state index in [1.165, 1.54) is 0 Å². The predicted molar refractivity (Wildman–Crippen MR) is 147 cm³/mol. The molecule has 220 valence electrons. The number of aliphatic hydroxyl groups is 2. The van der Waals surface area contributed by atoms with E-state index in [2.05, 4.69) is 17.0 Å². The Morgan fingerprint density at radius 3 is 2.62 bits per heavy atom. The molecule has 1 aromatic rings. The van der Waals surface area contributed by atoms with Gasteiger partial charge in [0.05, 0.1) is 24.2 Å². The molecular weight excluding hydrogens is 514 g/mol. The van der Waals surface area contributed by atoms with Gasteiger partial charge >= 0.3 is 11.9 Å². The SMILES string of the molecule is CCCOC(=O)C[C@](O)(CCCC(C)(C)O)C(=O)OC1C(C)=CC23CCCN2CCc2cc4c(cc2[C@H]13)OCO4. The van der Waals surface area contributed by atoms with Crippen molar-refractivity contribution in [1.82, 2.24) is 4.90 Å². The Morgan fingerprint density at radius 1 is 1.15 bits per heavy atom. The van der Waals surface area contributed by atoms with Gasteiger partial charge in [-0.05, 0) is 101 Å². The summed E-state index contributed by atoms with van der Waals surface area (Å²) in [4.78, 5) is 28.9. The quantitative estimate of drug-likeness (QED) is 0.328. The van der Waals surface area contributed by atoms with Crippen LogP contribution in [0.15, 0.2) is 23.8 Å². The van der Waals surface area contributed by atoms with Gasteiger partial charge in [-0.15, -0.1) is 0 Å². The fraction of sp³-hybridized carbons (Fsp3) is 0.677. The van der Waals surface area contributed by atoms with Gasteiger partial charge in [-0.3, -0.25) is 9.69 Å². The van der Waals surface area contributed by atoms with E-state index in [-0.39, 0.29) is 31.3 Å². The van der Waals surface area contributed by atoms with Crippen molar-refractivity contribution in [2.24, 2.45) is 0 Å². The van der Waals surface area contributed by atoms with Gasteiger partial charge < -0.3 is 29.2 Å². The molecule has 4 atom stereocenters. The van der Waals surface area contributed by atoms with E-state index in [1.807, 2.05) is 19.9 Å². The van der Waals surface area contributed by atoms with E-state index in [4.69, 9.17) is 18.9 Å². The van der Waals surface area contributed by atoms with Crippen LogP contribution in [0.25, 0.3) is 0 Å². The Balaban J connectivity index is 1.46. The molecule has 1 aromatic carbocycles. The van der Waals surface area contributed by atoms with Crippen molar-refractivity contribution in [2.75, 3.05) is 26.5 Å². The van der Waals surface area contributed by atoms with E-state index in [0.717, 1.165) is 54.8 Å². The van der Waals surface area contributed by atoms with Crippen molar-refractivity contribution >= 4 is 11.9 Å². The molecule has 5 rings (SSSR count). The third-order valence-electron chi connectivity index (χ3n) is 8.88. The highest BCUT2D eigenvalue weighted by atomic mass is 16.7. The largest absolute Gasteiger partial charge is 0.466 e. The zero-order valence-corrected chi connectivity index (χ0v) is 24.2. The first-order valence-corrected chi connectivity index (χ1v) is 14.6. The maximum absolute atomic E-state index is 13.9. The number of carbonyl (C=O) groups excluding carboxylic acids is 2. The Hall–Kier alpha value is -2.62. The number of ether oxygens (including phenoxy) is 4. The lowest BCUT2D eigenvalue weighted by Crippen LogP contribution is -2.49. The van der Waals surface area contributed by atoms with Crippen LogP contribution in [0, 0.1) is 0 Å². The Labute approximate surface area is 236 Å². The summed E-state index contributed by atoms with van der Waals surface area (Å²) in [5, 5.41) is 21.8. The fourth-order valence-electron chi connectivity index (χ4n) is 7.01. The normalized spacial score (nSPS) is 26.7. The summed E-state index contributed by atoms with van der Waals surface area (Å²) in [6.07, 6.45) is 5.29. The highest BCUT2D eigenvalue weighted by molar-refractivity contribution is 5.86. The van der Waals surface area contributed by atoms with Crippen molar-refractivity contribution < 1.29 is 38.7 Å². The molecule has 9 nitrogen and oxygen atoms in total. The first kappa shape index (κ1) is 28.9. The fourth-order valence-corrected chi connectivity index (χ4v) is 7.01. The molecule has 40 heavy (non-hydrogen) atoms. The zero-order chi connectivity index (χ0) is 28.7. The van der Waals surface area contributed by atoms with E-state index < -0.39 is 35.7 Å². The van der Waals surface area contributed by atoms with Crippen LogP contribution >= 0.6 is 0 Å². The molecule has 2 N–H and O–H groups in total. The highest BCUT2D eigenvalue weighted by Crippen LogP contribution is 2.55. The number of fused-ring (bicyclic) bond motifs is 3. The van der Waals surface area contributed by atoms with Crippen molar-refractivity contribution in [1.29, 1.82) is 0 Å². The molecule has 3 aliphatic heterocycles. The maximum atomic E-state index is 13.9. The Kier molecular flexibility index (Phi) is 7.94. The number of rotatable bonds is 10. The molecule has 1 aliphatic carbocycles. The molecule has 9 heteroatoms. The van der Waals surface area contributed by atoms with Crippen LogP contribution in [0.2, 0.25) is 0 Å². The summed E-state index contributed by atoms with van der Waals surface area (Å²) < 4.78 is 22.9. The number of benzene rings is 1. The minimum atomic E-state index is -2.07. The molecule has 0 aromatic heterocycles. The van der Waals surface area contributed by atoms with Crippen LogP contribution in [-0.4, -0.2) is 76.4 Å². The van der Waals surface area contributed by atoms with E-state index in [0.29, 0.717) is 25.0 Å². The van der Waals surface area contributed by atoms with Crippen LogP contribution in [0.1, 0.15) is 89.7 Å². The van der Waals surface area contributed by atoms with Gasteiger partial charge in [0.2, 0.25) is 6.79 Å². The predicted octanol–water partition coefficient (Wildman–Crippen LogP) is 3.78. The molecule has 0 saturated carbocycles. The zero-order valence-electron chi connectivity index (χ0n) is 24.2. The van der Waals surface area contributed by atoms with E-state index in [1.54, 1.807) is 13.8 Å². The number of carbonyl (C=O) groups is 2. The number of nitrogens with zero attached hydrogens (tertiary/aromatic N) is 1. The second kappa shape index (κ2) is 11.0. The molecule has 0 bridgehead atoms. The van der Waals surface area contributed by atoms with Crippen molar-refractivity contribution in [3.05, 3.63) is 34.9 Å². The Morgan fingerprint density at radius 2 is 1.90 bits per heavy atom. The lowest BCUT2D eigenvalue weighted by Gasteiger charge is -2.40. The summed E-state index contributed by atoms with van der Waals surface area (Å²) in [7, 11) is 0. The summed E-state index contributed by atoms with van der Waals surface area (Å²) in [5.41, 5.74) is -0.171. The number of hydrogen-bond acceptors (Lipinski definition) is 9. The summed E-state index contributed by atoms with van der Waals surface area (Å²) in [6, 6.07) is 4.09. The molecule has 4 aliphatic rings. The molecule has 1 saturated heterocycles.